The van der Waals surface area contributed by atoms with Gasteiger partial charge in [0.15, 0.2) is 0 Å². The molecule has 1 aromatic rings. The highest BCUT2D eigenvalue weighted by Crippen LogP contribution is 2.19. The molecule has 26 heavy (non-hydrogen) atoms. The van der Waals surface area contributed by atoms with Crippen molar-refractivity contribution in [2.24, 2.45) is 0 Å². The Labute approximate surface area is 149 Å². The molecular formula is C17H21F3N2O4. The number of hydrogen-bond acceptors (Lipinski definition) is 5. The predicted molar refractivity (Wildman–Crippen MR) is 86.7 cm³/mol. The Bertz CT molecular complexity index is 611. The van der Waals surface area contributed by atoms with Crippen molar-refractivity contribution >= 4 is 11.9 Å². The SMILES string of the molecule is COc1ccc(CC(=O)OCCN2CCN(C(=O)C(F)(F)F)CC2)cc1. The van der Waals surface area contributed by atoms with Crippen LogP contribution in [0.25, 0.3) is 0 Å². The molecule has 1 amide bonds. The minimum Gasteiger partial charge on any atom is -0.497 e. The van der Waals surface area contributed by atoms with Gasteiger partial charge in [0.1, 0.15) is 12.4 Å². The first-order valence-electron chi connectivity index (χ1n) is 8.16. The molecule has 0 aliphatic carbocycles. The fourth-order valence-corrected chi connectivity index (χ4v) is 2.60. The molecule has 0 bridgehead atoms. The van der Waals surface area contributed by atoms with Crippen LogP contribution in [-0.2, 0) is 20.7 Å². The lowest BCUT2D eigenvalue weighted by atomic mass is 10.1. The van der Waals surface area contributed by atoms with E-state index in [-0.39, 0.29) is 32.1 Å². The first-order valence-corrected chi connectivity index (χ1v) is 8.16. The Morgan fingerprint density at radius 1 is 1.08 bits per heavy atom. The van der Waals surface area contributed by atoms with Crippen LogP contribution in [-0.4, -0.2) is 74.3 Å². The molecule has 1 fully saturated rings. The lowest BCUT2D eigenvalue weighted by molar-refractivity contribution is -0.187. The monoisotopic (exact) mass is 374 g/mol. The number of benzene rings is 1. The van der Waals surface area contributed by atoms with Gasteiger partial charge in [-0.15, -0.1) is 0 Å². The molecule has 0 atom stereocenters. The van der Waals surface area contributed by atoms with E-state index in [9.17, 15) is 22.8 Å². The Hall–Kier alpha value is -2.29. The second-order valence-corrected chi connectivity index (χ2v) is 5.88. The summed E-state index contributed by atoms with van der Waals surface area (Å²) >= 11 is 0. The smallest absolute Gasteiger partial charge is 0.471 e. The molecule has 1 aliphatic rings. The summed E-state index contributed by atoms with van der Waals surface area (Å²) in [5.74, 6) is -1.48. The van der Waals surface area contributed by atoms with E-state index in [0.717, 1.165) is 10.5 Å². The summed E-state index contributed by atoms with van der Waals surface area (Å²) in [6, 6.07) is 7.06. The van der Waals surface area contributed by atoms with Crippen LogP contribution in [0, 0.1) is 0 Å². The van der Waals surface area contributed by atoms with Crippen LogP contribution in [0.15, 0.2) is 24.3 Å². The van der Waals surface area contributed by atoms with Crippen LogP contribution in [0.4, 0.5) is 13.2 Å². The quantitative estimate of drug-likeness (QED) is 0.706. The second-order valence-electron chi connectivity index (χ2n) is 5.88. The number of hydrogen-bond donors (Lipinski definition) is 0. The van der Waals surface area contributed by atoms with Crippen molar-refractivity contribution in [3.8, 4) is 5.75 Å². The molecular weight excluding hydrogens is 353 g/mol. The summed E-state index contributed by atoms with van der Waals surface area (Å²) in [6.45, 7) is 1.23. The normalized spacial score (nSPS) is 15.6. The molecule has 0 unspecified atom stereocenters. The van der Waals surface area contributed by atoms with Crippen LogP contribution in [0.5, 0.6) is 5.75 Å². The maximum Gasteiger partial charge on any atom is 0.471 e. The maximum absolute atomic E-state index is 12.4. The maximum atomic E-state index is 12.4. The van der Waals surface area contributed by atoms with Gasteiger partial charge in [-0.1, -0.05) is 12.1 Å². The summed E-state index contributed by atoms with van der Waals surface area (Å²) in [5.41, 5.74) is 0.801. The topological polar surface area (TPSA) is 59.1 Å². The summed E-state index contributed by atoms with van der Waals surface area (Å²) in [7, 11) is 1.56. The Kier molecular flexibility index (Phi) is 6.84. The number of ether oxygens (including phenoxy) is 2. The average Bonchev–Trinajstić information content (AvgIpc) is 2.61. The fraction of sp³-hybridized carbons (Fsp3) is 0.529. The molecule has 0 spiro atoms. The number of nitrogens with zero attached hydrogens (tertiary/aromatic N) is 2. The minimum absolute atomic E-state index is 0.0120. The fourth-order valence-electron chi connectivity index (χ4n) is 2.60. The molecule has 2 rings (SSSR count). The van der Waals surface area contributed by atoms with Crippen molar-refractivity contribution in [3.05, 3.63) is 29.8 Å². The predicted octanol–water partition coefficient (Wildman–Crippen LogP) is 1.49. The van der Waals surface area contributed by atoms with E-state index in [0.29, 0.717) is 25.4 Å². The third-order valence-corrected chi connectivity index (χ3v) is 4.08. The summed E-state index contributed by atoms with van der Waals surface area (Å²) in [4.78, 5) is 25.6. The molecule has 6 nitrogen and oxygen atoms in total. The number of carbonyl (C=O) groups is 2. The summed E-state index contributed by atoms with van der Waals surface area (Å²) < 4.78 is 47.3. The van der Waals surface area contributed by atoms with E-state index in [4.69, 9.17) is 9.47 Å². The van der Waals surface area contributed by atoms with Crippen molar-refractivity contribution in [2.75, 3.05) is 46.4 Å². The number of halogens is 3. The van der Waals surface area contributed by atoms with Crippen molar-refractivity contribution < 1.29 is 32.2 Å². The van der Waals surface area contributed by atoms with Crippen molar-refractivity contribution in [3.63, 3.8) is 0 Å². The lowest BCUT2D eigenvalue weighted by Crippen LogP contribution is -2.52. The number of esters is 1. The van der Waals surface area contributed by atoms with Gasteiger partial charge in [-0.3, -0.25) is 14.5 Å². The van der Waals surface area contributed by atoms with E-state index < -0.39 is 12.1 Å². The number of amides is 1. The van der Waals surface area contributed by atoms with Crippen LogP contribution < -0.4 is 4.74 Å². The van der Waals surface area contributed by atoms with Gasteiger partial charge in [-0.05, 0) is 17.7 Å². The van der Waals surface area contributed by atoms with Crippen LogP contribution in [0.1, 0.15) is 5.56 Å². The van der Waals surface area contributed by atoms with Gasteiger partial charge in [0.05, 0.1) is 13.5 Å². The molecule has 0 radical (unpaired) electrons. The van der Waals surface area contributed by atoms with Crippen molar-refractivity contribution in [2.45, 2.75) is 12.6 Å². The molecule has 1 aromatic carbocycles. The highest BCUT2D eigenvalue weighted by Gasteiger charge is 2.43. The first-order chi connectivity index (χ1) is 12.3. The highest BCUT2D eigenvalue weighted by atomic mass is 19.4. The molecule has 144 valence electrons. The molecule has 1 saturated heterocycles. The number of rotatable bonds is 6. The third kappa shape index (κ3) is 5.91. The van der Waals surface area contributed by atoms with Crippen molar-refractivity contribution in [1.82, 2.24) is 9.80 Å². The molecule has 9 heteroatoms. The number of methoxy groups -OCH3 is 1. The molecule has 0 N–H and O–H groups in total. The average molecular weight is 374 g/mol. The minimum atomic E-state index is -4.83. The van der Waals surface area contributed by atoms with E-state index in [1.54, 1.807) is 31.4 Å². The van der Waals surface area contributed by atoms with E-state index in [1.807, 2.05) is 4.90 Å². The summed E-state index contributed by atoms with van der Waals surface area (Å²) in [6.07, 6.45) is -4.70. The number of piperazine rings is 1. The van der Waals surface area contributed by atoms with Gasteiger partial charge in [0, 0.05) is 32.7 Å². The van der Waals surface area contributed by atoms with Crippen LogP contribution in [0.3, 0.4) is 0 Å². The van der Waals surface area contributed by atoms with Crippen LogP contribution >= 0.6 is 0 Å². The standard InChI is InChI=1S/C17H21F3N2O4/c1-25-14-4-2-13(3-5-14)12-15(23)26-11-10-21-6-8-22(9-7-21)16(24)17(18,19)20/h2-5H,6-12H2,1H3. The van der Waals surface area contributed by atoms with E-state index >= 15 is 0 Å². The molecule has 0 aromatic heterocycles. The lowest BCUT2D eigenvalue weighted by Gasteiger charge is -2.34. The van der Waals surface area contributed by atoms with Gasteiger partial charge in [0.2, 0.25) is 0 Å². The third-order valence-electron chi connectivity index (χ3n) is 4.08. The largest absolute Gasteiger partial charge is 0.497 e. The zero-order valence-electron chi connectivity index (χ0n) is 14.4. The Balaban J connectivity index is 1.65. The second kappa shape index (κ2) is 8.88. The summed E-state index contributed by atoms with van der Waals surface area (Å²) in [5, 5.41) is 0. The molecule has 1 heterocycles. The van der Waals surface area contributed by atoms with Gasteiger partial charge in [-0.2, -0.15) is 13.2 Å². The van der Waals surface area contributed by atoms with Gasteiger partial charge >= 0.3 is 18.1 Å². The zero-order chi connectivity index (χ0) is 19.2. The number of alkyl halides is 3. The zero-order valence-corrected chi connectivity index (χ0v) is 14.4. The van der Waals surface area contributed by atoms with Crippen LogP contribution in [0.2, 0.25) is 0 Å². The number of carbonyl (C=O) groups excluding carboxylic acids is 2. The van der Waals surface area contributed by atoms with E-state index in [1.165, 1.54) is 0 Å². The Morgan fingerprint density at radius 2 is 1.69 bits per heavy atom. The van der Waals surface area contributed by atoms with Gasteiger partial charge < -0.3 is 14.4 Å². The van der Waals surface area contributed by atoms with Crippen molar-refractivity contribution in [1.29, 1.82) is 0 Å². The Morgan fingerprint density at radius 3 is 2.23 bits per heavy atom. The van der Waals surface area contributed by atoms with E-state index in [2.05, 4.69) is 0 Å². The first kappa shape index (κ1) is 20.0. The molecule has 0 saturated carbocycles. The van der Waals surface area contributed by atoms with Gasteiger partial charge in [-0.25, -0.2) is 0 Å². The molecule has 1 aliphatic heterocycles. The van der Waals surface area contributed by atoms with Gasteiger partial charge in [0.25, 0.3) is 0 Å². The highest BCUT2D eigenvalue weighted by molar-refractivity contribution is 5.81.